The Morgan fingerprint density at radius 2 is 2.04 bits per heavy atom. The third-order valence-electron chi connectivity index (χ3n) is 4.55. The molecule has 126 valence electrons. The van der Waals surface area contributed by atoms with Gasteiger partial charge in [0.1, 0.15) is 0 Å². The fourth-order valence-electron chi connectivity index (χ4n) is 3.15. The first kappa shape index (κ1) is 16.5. The van der Waals surface area contributed by atoms with Crippen LogP contribution in [0.15, 0.2) is 48.7 Å². The van der Waals surface area contributed by atoms with Crippen molar-refractivity contribution in [1.82, 2.24) is 10.3 Å². The number of aryl methyl sites for hydroxylation is 1. The minimum Gasteiger partial charge on any atom is -0.372 e. The number of anilines is 1. The van der Waals surface area contributed by atoms with Gasteiger partial charge in [-0.3, -0.25) is 9.78 Å². The Bertz CT molecular complexity index is 666. The van der Waals surface area contributed by atoms with E-state index in [4.69, 9.17) is 0 Å². The number of rotatable bonds is 6. The van der Waals surface area contributed by atoms with Gasteiger partial charge in [0.15, 0.2) is 0 Å². The van der Waals surface area contributed by atoms with Crippen LogP contribution in [0.5, 0.6) is 0 Å². The molecule has 0 bridgehead atoms. The summed E-state index contributed by atoms with van der Waals surface area (Å²) in [6, 6.07) is 14.3. The highest BCUT2D eigenvalue weighted by atomic mass is 16.1. The number of pyridine rings is 1. The molecular weight excluding hydrogens is 298 g/mol. The van der Waals surface area contributed by atoms with Crippen molar-refractivity contribution in [3.8, 4) is 0 Å². The van der Waals surface area contributed by atoms with Crippen molar-refractivity contribution < 1.29 is 4.79 Å². The average Bonchev–Trinajstić information content (AvgIpc) is 3.16. The molecule has 1 amide bonds. The molecule has 1 aliphatic rings. The van der Waals surface area contributed by atoms with Gasteiger partial charge in [0.2, 0.25) is 5.91 Å². The lowest BCUT2D eigenvalue weighted by atomic mass is 10.1. The van der Waals surface area contributed by atoms with Gasteiger partial charge in [0.25, 0.3) is 0 Å². The predicted molar refractivity (Wildman–Crippen MR) is 97.0 cm³/mol. The maximum atomic E-state index is 12.2. The maximum Gasteiger partial charge on any atom is 0.220 e. The van der Waals surface area contributed by atoms with Gasteiger partial charge >= 0.3 is 0 Å². The molecule has 1 aromatic heterocycles. The molecule has 3 rings (SSSR count). The molecule has 24 heavy (non-hydrogen) atoms. The van der Waals surface area contributed by atoms with Crippen LogP contribution in [0.2, 0.25) is 0 Å². The topological polar surface area (TPSA) is 45.2 Å². The summed E-state index contributed by atoms with van der Waals surface area (Å²) in [5.74, 6) is 0.0692. The van der Waals surface area contributed by atoms with Crippen LogP contribution in [0.1, 0.15) is 43.5 Å². The monoisotopic (exact) mass is 323 g/mol. The minimum absolute atomic E-state index is 0.0174. The largest absolute Gasteiger partial charge is 0.372 e. The van der Waals surface area contributed by atoms with Crippen LogP contribution in [0.25, 0.3) is 0 Å². The van der Waals surface area contributed by atoms with E-state index < -0.39 is 0 Å². The second kappa shape index (κ2) is 7.95. The summed E-state index contributed by atoms with van der Waals surface area (Å²) in [5.41, 5.74) is 3.38. The van der Waals surface area contributed by atoms with Gasteiger partial charge in [0.05, 0.1) is 6.04 Å². The number of nitrogens with one attached hydrogen (secondary N) is 1. The third kappa shape index (κ3) is 4.34. The normalized spacial score (nSPS) is 15.3. The summed E-state index contributed by atoms with van der Waals surface area (Å²) in [4.78, 5) is 18.9. The molecule has 1 aromatic carbocycles. The first-order chi connectivity index (χ1) is 11.7. The molecule has 4 heteroatoms. The number of nitrogens with zero attached hydrogens (tertiary/aromatic N) is 2. The van der Waals surface area contributed by atoms with E-state index in [9.17, 15) is 4.79 Å². The van der Waals surface area contributed by atoms with E-state index in [-0.39, 0.29) is 11.9 Å². The predicted octanol–water partition coefficient (Wildman–Crippen LogP) is 3.49. The standard InChI is InChI=1S/C20H25N3O/c1-16(22-20(24)11-10-18-8-2-3-12-21-18)17-7-6-9-19(15-17)23-13-4-5-14-23/h2-3,6-9,12,15-16H,4-5,10-11,13-14H2,1H3,(H,22,24)/t16-/m1/s1. The lowest BCUT2D eigenvalue weighted by molar-refractivity contribution is -0.121. The molecule has 2 heterocycles. The Morgan fingerprint density at radius 3 is 2.79 bits per heavy atom. The zero-order valence-electron chi connectivity index (χ0n) is 14.2. The quantitative estimate of drug-likeness (QED) is 0.885. The number of amides is 1. The SMILES string of the molecule is C[C@@H](NC(=O)CCc1ccccn1)c1cccc(N2CCCC2)c1. The lowest BCUT2D eigenvalue weighted by Crippen LogP contribution is -2.27. The highest BCUT2D eigenvalue weighted by Gasteiger charge is 2.15. The number of carbonyl (C=O) groups is 1. The van der Waals surface area contributed by atoms with E-state index in [1.165, 1.54) is 18.5 Å². The molecule has 1 fully saturated rings. The smallest absolute Gasteiger partial charge is 0.220 e. The zero-order valence-corrected chi connectivity index (χ0v) is 14.2. The van der Waals surface area contributed by atoms with Crippen molar-refractivity contribution in [1.29, 1.82) is 0 Å². The van der Waals surface area contributed by atoms with Crippen LogP contribution in [-0.4, -0.2) is 24.0 Å². The van der Waals surface area contributed by atoms with Crippen molar-refractivity contribution >= 4 is 11.6 Å². The van der Waals surface area contributed by atoms with Crippen LogP contribution in [-0.2, 0) is 11.2 Å². The van der Waals surface area contributed by atoms with Crippen molar-refractivity contribution in [2.45, 2.75) is 38.6 Å². The lowest BCUT2D eigenvalue weighted by Gasteiger charge is -2.20. The molecule has 0 aliphatic carbocycles. The van der Waals surface area contributed by atoms with E-state index in [1.54, 1.807) is 6.20 Å². The Morgan fingerprint density at radius 1 is 1.21 bits per heavy atom. The van der Waals surface area contributed by atoms with Gasteiger partial charge in [-0.05, 0) is 56.0 Å². The molecule has 0 spiro atoms. The number of benzene rings is 1. The molecule has 1 saturated heterocycles. The summed E-state index contributed by atoms with van der Waals surface area (Å²) < 4.78 is 0. The molecule has 0 saturated carbocycles. The van der Waals surface area contributed by atoms with Crippen molar-refractivity contribution in [2.75, 3.05) is 18.0 Å². The molecule has 4 nitrogen and oxygen atoms in total. The molecule has 2 aromatic rings. The molecule has 1 N–H and O–H groups in total. The van der Waals surface area contributed by atoms with Gasteiger partial charge in [0, 0.05) is 37.1 Å². The number of aromatic nitrogens is 1. The Labute approximate surface area is 143 Å². The van der Waals surface area contributed by atoms with E-state index in [1.807, 2.05) is 25.1 Å². The van der Waals surface area contributed by atoms with Gasteiger partial charge in [-0.25, -0.2) is 0 Å². The Hall–Kier alpha value is -2.36. The van der Waals surface area contributed by atoms with Gasteiger partial charge in [-0.2, -0.15) is 0 Å². The van der Waals surface area contributed by atoms with Crippen LogP contribution in [0.4, 0.5) is 5.69 Å². The Balaban J connectivity index is 1.55. The van der Waals surface area contributed by atoms with Crippen LogP contribution in [0.3, 0.4) is 0 Å². The summed E-state index contributed by atoms with van der Waals surface area (Å²) in [7, 11) is 0. The van der Waals surface area contributed by atoms with Crippen molar-refractivity contribution in [2.24, 2.45) is 0 Å². The molecule has 1 atom stereocenters. The van der Waals surface area contributed by atoms with E-state index in [0.717, 1.165) is 24.3 Å². The summed E-state index contributed by atoms with van der Waals surface area (Å²) in [6.07, 6.45) is 5.44. The third-order valence-corrected chi connectivity index (χ3v) is 4.55. The van der Waals surface area contributed by atoms with E-state index >= 15 is 0 Å². The number of carbonyl (C=O) groups excluding carboxylic acids is 1. The number of hydrogen-bond acceptors (Lipinski definition) is 3. The minimum atomic E-state index is 0.0174. The van der Waals surface area contributed by atoms with Gasteiger partial charge in [-0.15, -0.1) is 0 Å². The average molecular weight is 323 g/mol. The van der Waals surface area contributed by atoms with Crippen LogP contribution in [0, 0.1) is 0 Å². The molecule has 0 unspecified atom stereocenters. The fraction of sp³-hybridized carbons (Fsp3) is 0.400. The van der Waals surface area contributed by atoms with Gasteiger partial charge in [-0.1, -0.05) is 18.2 Å². The fourth-order valence-corrected chi connectivity index (χ4v) is 3.15. The second-order valence-electron chi connectivity index (χ2n) is 6.40. The molecular formula is C20H25N3O. The number of hydrogen-bond donors (Lipinski definition) is 1. The first-order valence-corrected chi connectivity index (χ1v) is 8.76. The second-order valence-corrected chi connectivity index (χ2v) is 6.40. The van der Waals surface area contributed by atoms with Crippen molar-refractivity contribution in [3.05, 3.63) is 59.9 Å². The Kier molecular flexibility index (Phi) is 5.47. The van der Waals surface area contributed by atoms with E-state index in [2.05, 4.69) is 39.5 Å². The molecule has 0 radical (unpaired) electrons. The van der Waals surface area contributed by atoms with Gasteiger partial charge < -0.3 is 10.2 Å². The zero-order chi connectivity index (χ0) is 16.8. The summed E-state index contributed by atoms with van der Waals surface area (Å²) in [6.45, 7) is 4.31. The summed E-state index contributed by atoms with van der Waals surface area (Å²) >= 11 is 0. The van der Waals surface area contributed by atoms with E-state index in [0.29, 0.717) is 12.8 Å². The molecule has 1 aliphatic heterocycles. The first-order valence-electron chi connectivity index (χ1n) is 8.76. The summed E-state index contributed by atoms with van der Waals surface area (Å²) in [5, 5.41) is 3.10. The maximum absolute atomic E-state index is 12.2. The highest BCUT2D eigenvalue weighted by molar-refractivity contribution is 5.76. The van der Waals surface area contributed by atoms with Crippen molar-refractivity contribution in [3.63, 3.8) is 0 Å². The van der Waals surface area contributed by atoms with Crippen LogP contribution >= 0.6 is 0 Å². The van der Waals surface area contributed by atoms with Crippen LogP contribution < -0.4 is 10.2 Å². The highest BCUT2D eigenvalue weighted by Crippen LogP contribution is 2.24.